The van der Waals surface area contributed by atoms with E-state index in [4.69, 9.17) is 5.11 Å². The fourth-order valence-electron chi connectivity index (χ4n) is 5.27. The van der Waals surface area contributed by atoms with Crippen LogP contribution in [-0.4, -0.2) is 38.1 Å². The van der Waals surface area contributed by atoms with E-state index in [2.05, 4.69) is 0 Å². The predicted octanol–water partition coefficient (Wildman–Crippen LogP) is 4.53. The van der Waals surface area contributed by atoms with Gasteiger partial charge in [0, 0.05) is 23.4 Å². The Morgan fingerprint density at radius 2 is 1.48 bits per heavy atom. The Hall–Kier alpha value is -3.07. The van der Waals surface area contributed by atoms with Crippen LogP contribution in [0.15, 0.2) is 84.9 Å². The first-order valence-electron chi connectivity index (χ1n) is 13.7. The summed E-state index contributed by atoms with van der Waals surface area (Å²) in [5.74, 6) is -2.09. The maximum atomic E-state index is 16.5. The van der Waals surface area contributed by atoms with Crippen LogP contribution in [0.25, 0.3) is 34.3 Å². The molecule has 42 heavy (non-hydrogen) atoms. The topological polar surface area (TPSA) is 82.7 Å². The summed E-state index contributed by atoms with van der Waals surface area (Å²) in [5.41, 5.74) is 4.66. The number of aliphatic carboxylic acids is 1. The van der Waals surface area contributed by atoms with Gasteiger partial charge in [-0.15, -0.1) is 0 Å². The van der Waals surface area contributed by atoms with Crippen molar-refractivity contribution in [2.24, 2.45) is 0 Å². The smallest absolute Gasteiger partial charge is 0.481 e. The molecule has 3 aromatic carbocycles. The zero-order chi connectivity index (χ0) is 29.5. The molecule has 4 rings (SSSR count). The van der Waals surface area contributed by atoms with E-state index in [1.807, 2.05) is 79.1 Å². The van der Waals surface area contributed by atoms with Crippen molar-refractivity contribution in [3.05, 3.63) is 108 Å². The summed E-state index contributed by atoms with van der Waals surface area (Å²) in [6, 6.07) is 24.7. The van der Waals surface area contributed by atoms with Crippen LogP contribution < -0.4 is 29.6 Å². The van der Waals surface area contributed by atoms with Crippen LogP contribution in [0.5, 0.6) is 0 Å². The molecule has 1 heterocycles. The Kier molecular flexibility index (Phi) is 12.3. The second-order valence-corrected chi connectivity index (χ2v) is 10.5. The molecule has 0 spiro atoms. The summed E-state index contributed by atoms with van der Waals surface area (Å²) in [7, 11) is 0. The van der Waals surface area contributed by atoms with E-state index in [1.165, 1.54) is 18.2 Å². The normalized spacial score (nSPS) is 13.1. The van der Waals surface area contributed by atoms with Gasteiger partial charge >= 0.3 is 35.5 Å². The molecule has 0 saturated heterocycles. The zero-order valence-electron chi connectivity index (χ0n) is 24.2. The summed E-state index contributed by atoms with van der Waals surface area (Å²) < 4.78 is 32.5. The first kappa shape index (κ1) is 33.4. The molecule has 0 bridgehead atoms. The number of rotatable bonds is 12. The molecule has 0 fully saturated rings. The number of nitrogens with zero attached hydrogens (tertiary/aromatic N) is 1. The van der Waals surface area contributed by atoms with Crippen LogP contribution in [0.2, 0.25) is 0 Å². The van der Waals surface area contributed by atoms with Gasteiger partial charge in [0.2, 0.25) is 0 Å². The molecule has 0 aliphatic heterocycles. The van der Waals surface area contributed by atoms with E-state index in [-0.39, 0.29) is 54.9 Å². The van der Waals surface area contributed by atoms with Gasteiger partial charge in [-0.3, -0.25) is 4.79 Å². The Bertz CT molecular complexity index is 1490. The van der Waals surface area contributed by atoms with Crippen LogP contribution >= 0.6 is 0 Å². The quantitative estimate of drug-likeness (QED) is 0.215. The van der Waals surface area contributed by atoms with Gasteiger partial charge in [-0.1, -0.05) is 74.5 Å². The Balaban J connectivity index is 0.00000484. The fraction of sp³-hybridized carbons (Fsp3) is 0.265. The first-order valence-corrected chi connectivity index (χ1v) is 13.7. The van der Waals surface area contributed by atoms with Gasteiger partial charge in [0.25, 0.3) is 0 Å². The van der Waals surface area contributed by atoms with E-state index < -0.39 is 36.2 Å². The van der Waals surface area contributed by atoms with Crippen LogP contribution in [0, 0.1) is 5.82 Å². The van der Waals surface area contributed by atoms with Crippen molar-refractivity contribution >= 4 is 17.9 Å². The molecule has 0 amide bonds. The van der Waals surface area contributed by atoms with Crippen LogP contribution in [0.1, 0.15) is 55.8 Å². The molecule has 0 saturated carbocycles. The fourth-order valence-corrected chi connectivity index (χ4v) is 5.27. The Morgan fingerprint density at radius 1 is 0.881 bits per heavy atom. The summed E-state index contributed by atoms with van der Waals surface area (Å²) in [5, 5.41) is 29.7. The number of benzene rings is 3. The second kappa shape index (κ2) is 15.4. The predicted molar refractivity (Wildman–Crippen MR) is 158 cm³/mol. The molecular weight excluding hydrogens is 547 g/mol. The average molecular weight is 583 g/mol. The maximum absolute atomic E-state index is 16.5. The van der Waals surface area contributed by atoms with E-state index >= 15 is 4.39 Å². The maximum Gasteiger partial charge on any atom is 1.00 e. The summed E-state index contributed by atoms with van der Waals surface area (Å²) in [4.78, 5) is 11.0. The Labute approximate surface area is 267 Å². The summed E-state index contributed by atoms with van der Waals surface area (Å²) in [6.45, 7) is 4.21. The van der Waals surface area contributed by atoms with Gasteiger partial charge in [-0.2, -0.15) is 0 Å². The van der Waals surface area contributed by atoms with Gasteiger partial charge in [0.05, 0.1) is 24.3 Å². The number of hydrogen-bond acceptors (Lipinski definition) is 3. The molecule has 3 N–H and O–H groups in total. The SMILES string of the molecule is CC(C)c1c(/C(F)=C/c2ccccc2)c(-c2ccccc2)c(-c2ccc(F)cc2)n1CC[C@@H](O)C[C@@H](O)CC(=O)O.[Na+]. The van der Waals surface area contributed by atoms with Crippen molar-refractivity contribution in [3.8, 4) is 22.4 Å². The van der Waals surface area contributed by atoms with Crippen LogP contribution in [0.3, 0.4) is 0 Å². The van der Waals surface area contributed by atoms with Crippen molar-refractivity contribution < 1.29 is 58.5 Å². The average Bonchev–Trinajstić information content (AvgIpc) is 3.28. The van der Waals surface area contributed by atoms with Crippen molar-refractivity contribution in [3.63, 3.8) is 0 Å². The van der Waals surface area contributed by atoms with E-state index in [0.29, 0.717) is 33.6 Å². The van der Waals surface area contributed by atoms with Gasteiger partial charge in [0.1, 0.15) is 11.6 Å². The number of carbonyl (C=O) groups is 1. The van der Waals surface area contributed by atoms with Crippen LogP contribution in [-0.2, 0) is 11.3 Å². The van der Waals surface area contributed by atoms with Crippen LogP contribution in [0.4, 0.5) is 8.78 Å². The number of aliphatic hydroxyl groups excluding tert-OH is 2. The third kappa shape index (κ3) is 8.27. The molecule has 214 valence electrons. The summed E-state index contributed by atoms with van der Waals surface area (Å²) >= 11 is 0. The minimum Gasteiger partial charge on any atom is -0.481 e. The number of aromatic nitrogens is 1. The second-order valence-electron chi connectivity index (χ2n) is 10.5. The van der Waals surface area contributed by atoms with Gasteiger partial charge in [-0.25, -0.2) is 8.78 Å². The van der Waals surface area contributed by atoms with Crippen molar-refractivity contribution in [1.82, 2.24) is 4.57 Å². The number of carboxylic acids is 1. The van der Waals surface area contributed by atoms with Crippen molar-refractivity contribution in [2.75, 3.05) is 0 Å². The minimum atomic E-state index is -1.19. The third-order valence-corrected chi connectivity index (χ3v) is 7.00. The number of hydrogen-bond donors (Lipinski definition) is 3. The number of carboxylic acid groups (broad SMARTS) is 1. The van der Waals surface area contributed by atoms with Crippen molar-refractivity contribution in [1.29, 1.82) is 0 Å². The van der Waals surface area contributed by atoms with E-state index in [9.17, 15) is 19.4 Å². The van der Waals surface area contributed by atoms with E-state index in [1.54, 1.807) is 12.1 Å². The number of halogens is 2. The van der Waals surface area contributed by atoms with Gasteiger partial charge in [0.15, 0.2) is 0 Å². The number of aliphatic hydroxyl groups is 2. The molecule has 4 aromatic rings. The molecule has 0 radical (unpaired) electrons. The molecule has 1 aromatic heterocycles. The van der Waals surface area contributed by atoms with E-state index in [0.717, 1.165) is 5.56 Å². The van der Waals surface area contributed by atoms with Gasteiger partial charge < -0.3 is 19.9 Å². The Morgan fingerprint density at radius 3 is 2.05 bits per heavy atom. The molecule has 2 atom stereocenters. The first-order chi connectivity index (χ1) is 19.7. The summed E-state index contributed by atoms with van der Waals surface area (Å²) in [6.07, 6.45) is -1.04. The molecule has 8 heteroatoms. The molecule has 0 unspecified atom stereocenters. The monoisotopic (exact) mass is 582 g/mol. The molecule has 0 aliphatic carbocycles. The van der Waals surface area contributed by atoms with Crippen molar-refractivity contribution in [2.45, 2.75) is 57.8 Å². The minimum absolute atomic E-state index is 0. The molecule has 0 aliphatic rings. The largest absolute Gasteiger partial charge is 1.00 e. The molecule has 5 nitrogen and oxygen atoms in total. The van der Waals surface area contributed by atoms with Gasteiger partial charge in [-0.05, 0) is 65.8 Å². The third-order valence-electron chi connectivity index (χ3n) is 7.00. The standard InChI is InChI=1S/C34H35F2NO4.Na/c1-22(2)33-32(29(36)19-23-9-5-3-6-10-23)31(24-11-7-4-8-12-24)34(25-13-15-26(35)16-14-25)37(33)18-17-27(38)20-28(39)21-30(40)41;/h3-16,19,22,27-28,38-39H,17-18,20-21H2,1-2H3,(H,40,41);/q;+1/b29-19-;/t27-,28-;/m1./s1. The molecular formula is C34H35F2NNaO4+. The zero-order valence-corrected chi connectivity index (χ0v) is 26.2.